The van der Waals surface area contributed by atoms with Crippen molar-refractivity contribution in [3.63, 3.8) is 0 Å². The van der Waals surface area contributed by atoms with Gasteiger partial charge in [0.15, 0.2) is 0 Å². The molecule has 1 amide bonds. The highest BCUT2D eigenvalue weighted by atomic mass is 32.2. The first-order valence-electron chi connectivity index (χ1n) is 12.7. The summed E-state index contributed by atoms with van der Waals surface area (Å²) in [5.74, 6) is 2.91. The fraction of sp³-hybridized carbons (Fsp3) is 0.560. The zero-order chi connectivity index (χ0) is 23.8. The van der Waals surface area contributed by atoms with Crippen LogP contribution in [0.4, 0.5) is 10.8 Å². The summed E-state index contributed by atoms with van der Waals surface area (Å²) in [5, 5.41) is 5.83. The van der Waals surface area contributed by atoms with Gasteiger partial charge in [-0.05, 0) is 32.0 Å². The van der Waals surface area contributed by atoms with E-state index in [2.05, 4.69) is 50.9 Å². The number of amides is 1. The Balaban J connectivity index is 1.07. The van der Waals surface area contributed by atoms with Crippen molar-refractivity contribution >= 4 is 44.8 Å². The minimum atomic E-state index is 0.150. The molecule has 0 aliphatic carbocycles. The van der Waals surface area contributed by atoms with Crippen molar-refractivity contribution in [3.05, 3.63) is 30.5 Å². The van der Waals surface area contributed by atoms with Crippen molar-refractivity contribution in [2.75, 3.05) is 80.7 Å². The number of fused-ring (bicyclic) bond motifs is 1. The minimum Gasteiger partial charge on any atom is -0.370 e. The molecule has 3 saturated heterocycles. The SMILES string of the molecule is CN1CCN(C(=O)C2CCN(c3nn4cc(-c5ccc(N6CCSCC6)cc5)nc4s3)CC2)CC1. The summed E-state index contributed by atoms with van der Waals surface area (Å²) >= 11 is 3.67. The summed E-state index contributed by atoms with van der Waals surface area (Å²) in [6.45, 7) is 7.69. The molecule has 35 heavy (non-hydrogen) atoms. The van der Waals surface area contributed by atoms with Crippen LogP contribution in [0.3, 0.4) is 0 Å². The maximum Gasteiger partial charge on any atom is 0.225 e. The van der Waals surface area contributed by atoms with Gasteiger partial charge in [0.25, 0.3) is 0 Å². The molecule has 0 unspecified atom stereocenters. The number of piperidine rings is 1. The second-order valence-corrected chi connectivity index (χ2v) is 11.9. The largest absolute Gasteiger partial charge is 0.370 e. The fourth-order valence-corrected chi connectivity index (χ4v) is 7.06. The van der Waals surface area contributed by atoms with Crippen molar-refractivity contribution in [1.82, 2.24) is 24.4 Å². The standard InChI is InChI=1S/C25H33N7OS2/c1-28-10-12-30(13-11-28)23(33)20-6-8-31(9-7-20)25-27-32-18-22(26-24(32)35-25)19-2-4-21(5-3-19)29-14-16-34-17-15-29/h2-5,18,20H,6-17H2,1H3. The number of benzene rings is 1. The number of piperazine rings is 1. The predicted molar refractivity (Wildman–Crippen MR) is 145 cm³/mol. The first-order valence-corrected chi connectivity index (χ1v) is 14.6. The van der Waals surface area contributed by atoms with E-state index in [9.17, 15) is 4.79 Å². The highest BCUT2D eigenvalue weighted by molar-refractivity contribution is 7.99. The molecule has 0 N–H and O–H groups in total. The van der Waals surface area contributed by atoms with Crippen LogP contribution in [0, 0.1) is 5.92 Å². The molecule has 3 aliphatic heterocycles. The average molecular weight is 512 g/mol. The zero-order valence-corrected chi connectivity index (χ0v) is 21.9. The van der Waals surface area contributed by atoms with Gasteiger partial charge in [0.05, 0.1) is 11.9 Å². The number of imidazole rings is 1. The van der Waals surface area contributed by atoms with Crippen LogP contribution in [0.25, 0.3) is 16.2 Å². The van der Waals surface area contributed by atoms with Gasteiger partial charge in [0, 0.05) is 81.0 Å². The van der Waals surface area contributed by atoms with Gasteiger partial charge in [-0.25, -0.2) is 9.50 Å². The molecular formula is C25H33N7OS2. The molecule has 186 valence electrons. The van der Waals surface area contributed by atoms with Crippen LogP contribution in [-0.2, 0) is 4.79 Å². The van der Waals surface area contributed by atoms with Gasteiger partial charge in [-0.15, -0.1) is 5.10 Å². The lowest BCUT2D eigenvalue weighted by molar-refractivity contribution is -0.137. The molecule has 5 heterocycles. The third kappa shape index (κ3) is 4.88. The number of anilines is 2. The Morgan fingerprint density at radius 2 is 1.63 bits per heavy atom. The Morgan fingerprint density at radius 3 is 2.31 bits per heavy atom. The molecule has 10 heteroatoms. The highest BCUT2D eigenvalue weighted by Crippen LogP contribution is 2.31. The van der Waals surface area contributed by atoms with Crippen molar-refractivity contribution in [3.8, 4) is 11.3 Å². The number of carbonyl (C=O) groups excluding carboxylic acids is 1. The third-order valence-electron chi connectivity index (χ3n) is 7.50. The molecule has 0 atom stereocenters. The number of hydrogen-bond donors (Lipinski definition) is 0. The van der Waals surface area contributed by atoms with E-state index in [1.165, 1.54) is 17.2 Å². The Labute approximate surface area is 214 Å². The van der Waals surface area contributed by atoms with Gasteiger partial charge >= 0.3 is 0 Å². The lowest BCUT2D eigenvalue weighted by Gasteiger charge is -2.37. The monoisotopic (exact) mass is 511 g/mol. The number of carbonyl (C=O) groups is 1. The molecule has 3 aromatic rings. The molecule has 6 rings (SSSR count). The van der Waals surface area contributed by atoms with E-state index < -0.39 is 0 Å². The molecule has 2 aromatic heterocycles. The Hall–Kier alpha value is -2.30. The molecule has 0 radical (unpaired) electrons. The Kier molecular flexibility index (Phi) is 6.60. The summed E-state index contributed by atoms with van der Waals surface area (Å²) < 4.78 is 1.91. The first kappa shape index (κ1) is 23.1. The van der Waals surface area contributed by atoms with Gasteiger partial charge in [-0.2, -0.15) is 11.8 Å². The number of hydrogen-bond acceptors (Lipinski definition) is 8. The van der Waals surface area contributed by atoms with Gasteiger partial charge in [-0.3, -0.25) is 4.79 Å². The van der Waals surface area contributed by atoms with Crippen molar-refractivity contribution in [2.24, 2.45) is 5.92 Å². The Bertz CT molecular complexity index is 1120. The topological polar surface area (TPSA) is 60.2 Å². The van der Waals surface area contributed by atoms with Gasteiger partial charge in [0.2, 0.25) is 16.0 Å². The van der Waals surface area contributed by atoms with Crippen molar-refractivity contribution in [1.29, 1.82) is 0 Å². The van der Waals surface area contributed by atoms with Gasteiger partial charge in [0.1, 0.15) is 0 Å². The van der Waals surface area contributed by atoms with E-state index in [1.54, 1.807) is 11.3 Å². The number of thioether (sulfide) groups is 1. The molecular weight excluding hydrogens is 478 g/mol. The van der Waals surface area contributed by atoms with Crippen LogP contribution in [-0.4, -0.2) is 101 Å². The molecule has 3 fully saturated rings. The van der Waals surface area contributed by atoms with E-state index >= 15 is 0 Å². The van der Waals surface area contributed by atoms with Crippen molar-refractivity contribution < 1.29 is 4.79 Å². The summed E-state index contributed by atoms with van der Waals surface area (Å²) in [6.07, 6.45) is 3.84. The minimum absolute atomic E-state index is 0.150. The molecule has 0 saturated carbocycles. The average Bonchev–Trinajstić information content (AvgIpc) is 3.49. The van der Waals surface area contributed by atoms with Crippen LogP contribution in [0.5, 0.6) is 0 Å². The third-order valence-corrected chi connectivity index (χ3v) is 9.43. The van der Waals surface area contributed by atoms with E-state index in [0.29, 0.717) is 5.91 Å². The zero-order valence-electron chi connectivity index (χ0n) is 20.3. The van der Waals surface area contributed by atoms with E-state index in [0.717, 1.165) is 86.5 Å². The lowest BCUT2D eigenvalue weighted by Crippen LogP contribution is -2.50. The quantitative estimate of drug-likeness (QED) is 0.534. The van der Waals surface area contributed by atoms with Crippen LogP contribution in [0.2, 0.25) is 0 Å². The highest BCUT2D eigenvalue weighted by Gasteiger charge is 2.31. The number of rotatable bonds is 4. The van der Waals surface area contributed by atoms with Crippen LogP contribution < -0.4 is 9.80 Å². The first-order chi connectivity index (χ1) is 17.1. The Morgan fingerprint density at radius 1 is 0.914 bits per heavy atom. The molecule has 0 spiro atoms. The van der Waals surface area contributed by atoms with Crippen LogP contribution in [0.1, 0.15) is 12.8 Å². The molecule has 8 nitrogen and oxygen atoms in total. The summed E-state index contributed by atoms with van der Waals surface area (Å²) in [5.41, 5.74) is 3.39. The number of aromatic nitrogens is 3. The molecule has 3 aliphatic rings. The van der Waals surface area contributed by atoms with E-state index in [-0.39, 0.29) is 5.92 Å². The summed E-state index contributed by atoms with van der Waals surface area (Å²) in [4.78, 5) is 27.9. The predicted octanol–water partition coefficient (Wildman–Crippen LogP) is 3.00. The van der Waals surface area contributed by atoms with Crippen LogP contribution in [0.15, 0.2) is 30.5 Å². The fourth-order valence-electron chi connectivity index (χ4n) is 5.22. The number of likely N-dealkylation sites (N-methyl/N-ethyl adjacent to an activating group) is 1. The van der Waals surface area contributed by atoms with E-state index in [1.807, 2.05) is 22.5 Å². The second-order valence-electron chi connectivity index (χ2n) is 9.77. The summed E-state index contributed by atoms with van der Waals surface area (Å²) in [6, 6.07) is 8.77. The molecule has 0 bridgehead atoms. The smallest absolute Gasteiger partial charge is 0.225 e. The normalized spacial score (nSPS) is 20.7. The second kappa shape index (κ2) is 9.99. The maximum absolute atomic E-state index is 12.9. The molecule has 1 aromatic carbocycles. The van der Waals surface area contributed by atoms with Crippen molar-refractivity contribution in [2.45, 2.75) is 12.8 Å². The van der Waals surface area contributed by atoms with Gasteiger partial charge < -0.3 is 19.6 Å². The summed E-state index contributed by atoms with van der Waals surface area (Å²) in [7, 11) is 2.12. The van der Waals surface area contributed by atoms with E-state index in [4.69, 9.17) is 10.1 Å². The number of nitrogens with zero attached hydrogens (tertiary/aromatic N) is 7. The van der Waals surface area contributed by atoms with Gasteiger partial charge in [-0.1, -0.05) is 23.5 Å². The maximum atomic E-state index is 12.9. The lowest BCUT2D eigenvalue weighted by atomic mass is 9.95. The van der Waals surface area contributed by atoms with Crippen LogP contribution >= 0.6 is 23.1 Å².